The van der Waals surface area contributed by atoms with E-state index in [1.807, 2.05) is 0 Å². The van der Waals surface area contributed by atoms with Crippen LogP contribution in [0.4, 0.5) is 0 Å². The van der Waals surface area contributed by atoms with Crippen LogP contribution in [-0.2, 0) is 0 Å². The third-order valence-electron chi connectivity index (χ3n) is 6.64. The summed E-state index contributed by atoms with van der Waals surface area (Å²) in [6, 6.07) is 22.6. The zero-order valence-corrected chi connectivity index (χ0v) is 18.0. The van der Waals surface area contributed by atoms with Crippen molar-refractivity contribution in [3.05, 3.63) is 66.2 Å². The molecule has 0 spiro atoms. The highest BCUT2D eigenvalue weighted by atomic mass is 15.2. The van der Waals surface area contributed by atoms with Crippen LogP contribution in [0.3, 0.4) is 0 Å². The summed E-state index contributed by atoms with van der Waals surface area (Å²) < 4.78 is 0. The van der Waals surface area contributed by atoms with Gasteiger partial charge in [0.1, 0.15) is 0 Å². The van der Waals surface area contributed by atoms with Crippen LogP contribution in [0, 0.1) is 0 Å². The highest BCUT2D eigenvalue weighted by Crippen LogP contribution is 2.33. The van der Waals surface area contributed by atoms with Crippen molar-refractivity contribution < 1.29 is 0 Å². The number of aromatic nitrogens is 1. The molecule has 1 aliphatic heterocycles. The van der Waals surface area contributed by atoms with Crippen LogP contribution < -0.4 is 0 Å². The molecule has 1 aromatic heterocycles. The van der Waals surface area contributed by atoms with E-state index in [0.29, 0.717) is 6.04 Å². The van der Waals surface area contributed by atoms with Gasteiger partial charge in [-0.15, -0.1) is 0 Å². The van der Waals surface area contributed by atoms with Gasteiger partial charge in [-0.1, -0.05) is 62.4 Å². The van der Waals surface area contributed by atoms with Crippen LogP contribution in [0.2, 0.25) is 0 Å². The van der Waals surface area contributed by atoms with Crippen molar-refractivity contribution in [3.8, 4) is 11.3 Å². The fourth-order valence-electron chi connectivity index (χ4n) is 4.88. The second kappa shape index (κ2) is 9.06. The first-order valence-corrected chi connectivity index (χ1v) is 11.1. The molecule has 3 aromatic rings. The fraction of sp³-hybridized carbons (Fsp3) is 0.423. The van der Waals surface area contributed by atoms with E-state index in [9.17, 15) is 0 Å². The molecular formula is C26H33N3. The number of nitrogens with zero attached hydrogens (tertiary/aromatic N) is 3. The Balaban J connectivity index is 1.63. The van der Waals surface area contributed by atoms with Gasteiger partial charge < -0.3 is 4.90 Å². The summed E-state index contributed by atoms with van der Waals surface area (Å²) >= 11 is 0. The number of piperidine rings is 1. The monoisotopic (exact) mass is 387 g/mol. The Bertz CT molecular complexity index is 925. The zero-order valence-electron chi connectivity index (χ0n) is 18.0. The van der Waals surface area contributed by atoms with Crippen LogP contribution in [0.25, 0.3) is 22.2 Å². The number of hydrogen-bond donors (Lipinski definition) is 0. The molecule has 29 heavy (non-hydrogen) atoms. The maximum atomic E-state index is 4.97. The molecule has 0 N–H and O–H groups in total. The molecule has 0 saturated carbocycles. The van der Waals surface area contributed by atoms with Crippen molar-refractivity contribution in [2.45, 2.75) is 45.7 Å². The molecule has 1 saturated heterocycles. The van der Waals surface area contributed by atoms with Gasteiger partial charge in [0, 0.05) is 36.1 Å². The average molecular weight is 388 g/mol. The lowest BCUT2D eigenvalue weighted by molar-refractivity contribution is 0.0943. The Hall–Kier alpha value is -2.23. The molecule has 1 aliphatic rings. The summed E-state index contributed by atoms with van der Waals surface area (Å²) in [5.41, 5.74) is 4.75. The van der Waals surface area contributed by atoms with Gasteiger partial charge in [-0.3, -0.25) is 4.90 Å². The predicted octanol–water partition coefficient (Wildman–Crippen LogP) is 5.77. The van der Waals surface area contributed by atoms with Crippen LogP contribution in [0.5, 0.6) is 0 Å². The molecule has 152 valence electrons. The molecule has 0 radical (unpaired) electrons. The zero-order chi connectivity index (χ0) is 20.2. The summed E-state index contributed by atoms with van der Waals surface area (Å²) in [6.45, 7) is 11.6. The minimum atomic E-state index is 0.392. The second-order valence-electron chi connectivity index (χ2n) is 8.14. The van der Waals surface area contributed by atoms with Gasteiger partial charge in [-0.05, 0) is 50.6 Å². The molecule has 1 atom stereocenters. The van der Waals surface area contributed by atoms with E-state index >= 15 is 0 Å². The lowest BCUT2D eigenvalue weighted by Gasteiger charge is -2.40. The number of fused-ring (bicyclic) bond motifs is 1. The molecule has 4 rings (SSSR count). The van der Waals surface area contributed by atoms with E-state index in [-0.39, 0.29) is 0 Å². The maximum Gasteiger partial charge on any atom is 0.0713 e. The third kappa shape index (κ3) is 4.22. The first-order valence-electron chi connectivity index (χ1n) is 11.1. The van der Waals surface area contributed by atoms with Gasteiger partial charge in [0.2, 0.25) is 0 Å². The first kappa shape index (κ1) is 20.1. The molecule has 1 unspecified atom stereocenters. The largest absolute Gasteiger partial charge is 0.301 e. The Labute approximate surface area is 175 Å². The number of para-hydroxylation sites is 1. The van der Waals surface area contributed by atoms with Crippen molar-refractivity contribution in [2.24, 2.45) is 0 Å². The summed E-state index contributed by atoms with van der Waals surface area (Å²) in [5.74, 6) is 0. The standard InChI is InChI=1S/C26H33N3/c1-4-28(5-2)22-15-17-29(18-16-22)20(3)24-19-26(21-11-7-6-8-12-21)27-25-14-10-9-13-23(24)25/h6-14,19-20,22H,4-5,15-18H2,1-3H3. The van der Waals surface area contributed by atoms with Crippen LogP contribution in [0.15, 0.2) is 60.7 Å². The van der Waals surface area contributed by atoms with E-state index in [0.717, 1.165) is 30.3 Å². The summed E-state index contributed by atoms with van der Waals surface area (Å²) in [7, 11) is 0. The van der Waals surface area contributed by atoms with Gasteiger partial charge in [0.05, 0.1) is 11.2 Å². The average Bonchev–Trinajstić information content (AvgIpc) is 2.80. The van der Waals surface area contributed by atoms with Gasteiger partial charge in [0.25, 0.3) is 0 Å². The Kier molecular flexibility index (Phi) is 6.27. The number of pyridine rings is 1. The highest BCUT2D eigenvalue weighted by Gasteiger charge is 2.27. The first-order chi connectivity index (χ1) is 14.2. The minimum Gasteiger partial charge on any atom is -0.301 e. The number of hydrogen-bond acceptors (Lipinski definition) is 3. The fourth-order valence-corrected chi connectivity index (χ4v) is 4.88. The van der Waals surface area contributed by atoms with Gasteiger partial charge in [-0.25, -0.2) is 4.98 Å². The highest BCUT2D eigenvalue weighted by molar-refractivity contribution is 5.85. The van der Waals surface area contributed by atoms with Crippen molar-refractivity contribution in [2.75, 3.05) is 26.2 Å². The molecule has 3 nitrogen and oxygen atoms in total. The molecular weight excluding hydrogens is 354 g/mol. The maximum absolute atomic E-state index is 4.97. The molecule has 1 fully saturated rings. The van der Waals surface area contributed by atoms with Crippen molar-refractivity contribution in [1.29, 1.82) is 0 Å². The van der Waals surface area contributed by atoms with Crippen LogP contribution in [-0.4, -0.2) is 47.0 Å². The Morgan fingerprint density at radius 2 is 1.62 bits per heavy atom. The van der Waals surface area contributed by atoms with Crippen molar-refractivity contribution in [3.63, 3.8) is 0 Å². The van der Waals surface area contributed by atoms with Crippen LogP contribution in [0.1, 0.15) is 45.2 Å². The molecule has 3 heteroatoms. The van der Waals surface area contributed by atoms with Gasteiger partial charge in [-0.2, -0.15) is 0 Å². The molecule has 0 bridgehead atoms. The molecule has 2 heterocycles. The summed E-state index contributed by atoms with van der Waals surface area (Å²) in [5, 5.41) is 1.28. The molecule has 0 aliphatic carbocycles. The van der Waals surface area contributed by atoms with E-state index in [1.165, 1.54) is 42.4 Å². The quantitative estimate of drug-likeness (QED) is 0.535. The Morgan fingerprint density at radius 3 is 2.31 bits per heavy atom. The summed E-state index contributed by atoms with van der Waals surface area (Å²) in [6.07, 6.45) is 2.53. The predicted molar refractivity (Wildman–Crippen MR) is 123 cm³/mol. The molecule has 0 amide bonds. The minimum absolute atomic E-state index is 0.392. The van der Waals surface area contributed by atoms with Crippen LogP contribution >= 0.6 is 0 Å². The van der Waals surface area contributed by atoms with Gasteiger partial charge in [0.15, 0.2) is 0 Å². The smallest absolute Gasteiger partial charge is 0.0713 e. The number of benzene rings is 2. The Morgan fingerprint density at radius 1 is 0.966 bits per heavy atom. The van der Waals surface area contributed by atoms with E-state index in [2.05, 4.69) is 91.2 Å². The number of rotatable bonds is 6. The topological polar surface area (TPSA) is 19.4 Å². The number of likely N-dealkylation sites (tertiary alicyclic amines) is 1. The van der Waals surface area contributed by atoms with Gasteiger partial charge >= 0.3 is 0 Å². The van der Waals surface area contributed by atoms with E-state index in [4.69, 9.17) is 4.98 Å². The summed E-state index contributed by atoms with van der Waals surface area (Å²) in [4.78, 5) is 10.3. The van der Waals surface area contributed by atoms with E-state index < -0.39 is 0 Å². The van der Waals surface area contributed by atoms with Crippen molar-refractivity contribution >= 4 is 10.9 Å². The SMILES string of the molecule is CCN(CC)C1CCN(C(C)c2cc(-c3ccccc3)nc3ccccc23)CC1. The van der Waals surface area contributed by atoms with E-state index in [1.54, 1.807) is 0 Å². The lowest BCUT2D eigenvalue weighted by atomic mass is 9.95. The van der Waals surface area contributed by atoms with Crippen molar-refractivity contribution in [1.82, 2.24) is 14.8 Å². The normalized spacial score (nSPS) is 17.1. The lowest BCUT2D eigenvalue weighted by Crippen LogP contribution is -2.45. The molecule has 2 aromatic carbocycles. The second-order valence-corrected chi connectivity index (χ2v) is 8.14. The third-order valence-corrected chi connectivity index (χ3v) is 6.64.